The van der Waals surface area contributed by atoms with Gasteiger partial charge in [-0.25, -0.2) is 4.68 Å². The third-order valence-electron chi connectivity index (χ3n) is 2.59. The molecular weight excluding hydrogens is 226 g/mol. The highest BCUT2D eigenvalue weighted by molar-refractivity contribution is 5.32. The number of benzene rings is 1. The van der Waals surface area contributed by atoms with E-state index in [9.17, 15) is 5.11 Å². The lowest BCUT2D eigenvalue weighted by Gasteiger charge is -2.08. The Morgan fingerprint density at radius 1 is 1.33 bits per heavy atom. The van der Waals surface area contributed by atoms with Crippen LogP contribution >= 0.6 is 0 Å². The third-order valence-corrected chi connectivity index (χ3v) is 2.59. The summed E-state index contributed by atoms with van der Waals surface area (Å²) in [5, 5.41) is 17.9. The molecule has 1 atom stereocenters. The number of aliphatic hydroxyl groups excluding tert-OH is 1. The predicted molar refractivity (Wildman–Crippen MR) is 68.8 cm³/mol. The summed E-state index contributed by atoms with van der Waals surface area (Å²) in [7, 11) is 0. The summed E-state index contributed by atoms with van der Waals surface area (Å²) in [5.74, 6) is 5.64. The van der Waals surface area contributed by atoms with Crippen LogP contribution < -0.4 is 0 Å². The Bertz CT molecular complexity index is 576. The quantitative estimate of drug-likeness (QED) is 0.833. The standard InChI is InChI=1S/C14H15N3O/c1-3-7-13-14(11(2)18)17(16-15-13)10-12-8-5-4-6-9-12/h4-6,8-9,11,18H,10H2,1-2H3. The summed E-state index contributed by atoms with van der Waals surface area (Å²) in [5.41, 5.74) is 2.32. The molecule has 1 aromatic carbocycles. The smallest absolute Gasteiger partial charge is 0.161 e. The number of rotatable bonds is 3. The van der Waals surface area contributed by atoms with Crippen LogP contribution in [-0.2, 0) is 6.54 Å². The van der Waals surface area contributed by atoms with E-state index in [1.54, 1.807) is 18.5 Å². The lowest BCUT2D eigenvalue weighted by Crippen LogP contribution is -2.09. The van der Waals surface area contributed by atoms with E-state index < -0.39 is 6.10 Å². The molecule has 0 aliphatic rings. The first kappa shape index (κ1) is 12.3. The Kier molecular flexibility index (Phi) is 3.75. The second-order valence-corrected chi connectivity index (χ2v) is 4.02. The summed E-state index contributed by atoms with van der Waals surface area (Å²) >= 11 is 0. The summed E-state index contributed by atoms with van der Waals surface area (Å²) in [6.07, 6.45) is -0.639. The van der Waals surface area contributed by atoms with Gasteiger partial charge in [0.2, 0.25) is 0 Å². The fourth-order valence-electron chi connectivity index (χ4n) is 1.81. The Balaban J connectivity index is 2.36. The van der Waals surface area contributed by atoms with E-state index in [4.69, 9.17) is 0 Å². The zero-order valence-corrected chi connectivity index (χ0v) is 10.5. The molecule has 4 heteroatoms. The second-order valence-electron chi connectivity index (χ2n) is 4.02. The fraction of sp³-hybridized carbons (Fsp3) is 0.286. The Morgan fingerprint density at radius 3 is 2.67 bits per heavy atom. The van der Waals surface area contributed by atoms with Gasteiger partial charge in [0.15, 0.2) is 5.69 Å². The van der Waals surface area contributed by atoms with Gasteiger partial charge in [0.1, 0.15) is 5.69 Å². The van der Waals surface area contributed by atoms with Gasteiger partial charge in [-0.2, -0.15) is 0 Å². The first-order valence-corrected chi connectivity index (χ1v) is 5.80. The van der Waals surface area contributed by atoms with Crippen molar-refractivity contribution in [2.45, 2.75) is 26.5 Å². The van der Waals surface area contributed by atoms with Crippen molar-refractivity contribution in [1.82, 2.24) is 15.0 Å². The fourth-order valence-corrected chi connectivity index (χ4v) is 1.81. The van der Waals surface area contributed by atoms with Gasteiger partial charge in [-0.05, 0) is 25.3 Å². The van der Waals surface area contributed by atoms with E-state index in [1.807, 2.05) is 30.3 Å². The van der Waals surface area contributed by atoms with Crippen molar-refractivity contribution in [1.29, 1.82) is 0 Å². The van der Waals surface area contributed by atoms with Gasteiger partial charge < -0.3 is 5.11 Å². The molecule has 0 aliphatic heterocycles. The molecule has 1 N–H and O–H groups in total. The predicted octanol–water partition coefficient (Wildman–Crippen LogP) is 1.75. The van der Waals surface area contributed by atoms with E-state index in [1.165, 1.54) is 0 Å². The molecular formula is C14H15N3O. The number of nitrogens with zero attached hydrogens (tertiary/aromatic N) is 3. The number of aromatic nitrogens is 3. The van der Waals surface area contributed by atoms with Crippen molar-refractivity contribution >= 4 is 0 Å². The van der Waals surface area contributed by atoms with Gasteiger partial charge in [0.25, 0.3) is 0 Å². The maximum Gasteiger partial charge on any atom is 0.161 e. The van der Waals surface area contributed by atoms with Gasteiger partial charge in [0.05, 0.1) is 12.6 Å². The average molecular weight is 241 g/mol. The third kappa shape index (κ3) is 2.58. The van der Waals surface area contributed by atoms with E-state index in [-0.39, 0.29) is 0 Å². The Labute approximate surface area is 106 Å². The summed E-state index contributed by atoms with van der Waals surface area (Å²) in [4.78, 5) is 0. The van der Waals surface area contributed by atoms with Gasteiger partial charge in [0, 0.05) is 0 Å². The van der Waals surface area contributed by atoms with Crippen LogP contribution in [0.25, 0.3) is 0 Å². The van der Waals surface area contributed by atoms with Crippen LogP contribution in [0.3, 0.4) is 0 Å². The van der Waals surface area contributed by atoms with Crippen molar-refractivity contribution < 1.29 is 5.11 Å². The summed E-state index contributed by atoms with van der Waals surface area (Å²) in [6, 6.07) is 9.94. The lowest BCUT2D eigenvalue weighted by molar-refractivity contribution is 0.187. The minimum absolute atomic E-state index is 0.545. The lowest BCUT2D eigenvalue weighted by atomic mass is 10.2. The first-order valence-electron chi connectivity index (χ1n) is 5.80. The van der Waals surface area contributed by atoms with Crippen molar-refractivity contribution in [3.05, 3.63) is 47.3 Å². The molecule has 4 nitrogen and oxygen atoms in total. The number of aliphatic hydroxyl groups is 1. The molecule has 2 rings (SSSR count). The minimum Gasteiger partial charge on any atom is -0.387 e. The molecule has 92 valence electrons. The van der Waals surface area contributed by atoms with Crippen LogP contribution in [0, 0.1) is 11.8 Å². The molecule has 1 unspecified atom stereocenters. The normalized spacial score (nSPS) is 11.7. The number of hydrogen-bond donors (Lipinski definition) is 1. The van der Waals surface area contributed by atoms with E-state index >= 15 is 0 Å². The van der Waals surface area contributed by atoms with Gasteiger partial charge in [-0.1, -0.05) is 41.5 Å². The van der Waals surface area contributed by atoms with Crippen molar-refractivity contribution in [3.8, 4) is 11.8 Å². The van der Waals surface area contributed by atoms with Crippen LogP contribution in [-0.4, -0.2) is 20.1 Å². The van der Waals surface area contributed by atoms with Crippen LogP contribution in [0.15, 0.2) is 30.3 Å². The van der Waals surface area contributed by atoms with Gasteiger partial charge in [-0.15, -0.1) is 5.10 Å². The second kappa shape index (κ2) is 5.48. The van der Waals surface area contributed by atoms with Crippen LogP contribution in [0.5, 0.6) is 0 Å². The maximum absolute atomic E-state index is 9.81. The molecule has 1 aromatic heterocycles. The maximum atomic E-state index is 9.81. The van der Waals surface area contributed by atoms with Crippen LogP contribution in [0.1, 0.15) is 36.9 Å². The molecule has 0 fully saturated rings. The molecule has 0 radical (unpaired) electrons. The molecule has 0 saturated heterocycles. The number of hydrogen-bond acceptors (Lipinski definition) is 3. The Morgan fingerprint density at radius 2 is 2.06 bits per heavy atom. The molecule has 0 spiro atoms. The van der Waals surface area contributed by atoms with Crippen LogP contribution in [0.2, 0.25) is 0 Å². The zero-order valence-electron chi connectivity index (χ0n) is 10.5. The molecule has 2 aromatic rings. The summed E-state index contributed by atoms with van der Waals surface area (Å²) in [6.45, 7) is 4.02. The van der Waals surface area contributed by atoms with E-state index in [0.29, 0.717) is 17.9 Å². The highest BCUT2D eigenvalue weighted by Gasteiger charge is 2.16. The van der Waals surface area contributed by atoms with Crippen molar-refractivity contribution in [3.63, 3.8) is 0 Å². The zero-order chi connectivity index (χ0) is 13.0. The summed E-state index contributed by atoms with van der Waals surface area (Å²) < 4.78 is 1.69. The SMILES string of the molecule is CC#Cc1nnn(Cc2ccccc2)c1C(C)O. The molecule has 0 bridgehead atoms. The minimum atomic E-state index is -0.639. The van der Waals surface area contributed by atoms with Gasteiger partial charge >= 0.3 is 0 Å². The Hall–Kier alpha value is -2.12. The highest BCUT2D eigenvalue weighted by Crippen LogP contribution is 2.16. The molecule has 0 saturated carbocycles. The van der Waals surface area contributed by atoms with Crippen molar-refractivity contribution in [2.75, 3.05) is 0 Å². The highest BCUT2D eigenvalue weighted by atomic mass is 16.3. The molecule has 0 amide bonds. The van der Waals surface area contributed by atoms with E-state index in [0.717, 1.165) is 5.56 Å². The van der Waals surface area contributed by atoms with Crippen molar-refractivity contribution in [2.24, 2.45) is 0 Å². The van der Waals surface area contributed by atoms with Gasteiger partial charge in [-0.3, -0.25) is 0 Å². The monoisotopic (exact) mass is 241 g/mol. The molecule has 18 heavy (non-hydrogen) atoms. The van der Waals surface area contributed by atoms with Crippen LogP contribution in [0.4, 0.5) is 0 Å². The largest absolute Gasteiger partial charge is 0.387 e. The first-order chi connectivity index (χ1) is 8.72. The van der Waals surface area contributed by atoms with E-state index in [2.05, 4.69) is 22.2 Å². The molecule has 0 aliphatic carbocycles. The molecule has 1 heterocycles. The topological polar surface area (TPSA) is 50.9 Å². The average Bonchev–Trinajstić information content (AvgIpc) is 2.74.